The zero-order chi connectivity index (χ0) is 18.8. The largest absolute Gasteiger partial charge is 0.330 e. The highest BCUT2D eigenvalue weighted by Crippen LogP contribution is 2.32. The summed E-state index contributed by atoms with van der Waals surface area (Å²) in [6, 6.07) is 12.5. The van der Waals surface area contributed by atoms with Gasteiger partial charge in [0.15, 0.2) is 0 Å². The van der Waals surface area contributed by atoms with Crippen LogP contribution in [0.1, 0.15) is 51.9 Å². The lowest BCUT2D eigenvalue weighted by molar-refractivity contribution is 0.0732. The molecule has 0 bridgehead atoms. The molecule has 1 aliphatic rings. The number of aromatic nitrogens is 3. The van der Waals surface area contributed by atoms with Gasteiger partial charge in [-0.05, 0) is 43.5 Å². The molecule has 5 nitrogen and oxygen atoms in total. The fraction of sp³-hybridized carbons (Fsp3) is 0.286. The van der Waals surface area contributed by atoms with Crippen molar-refractivity contribution in [3.05, 3.63) is 82.7 Å². The Balaban J connectivity index is 1.58. The number of H-pyrrole nitrogens is 1. The van der Waals surface area contributed by atoms with E-state index in [4.69, 9.17) is 4.98 Å². The van der Waals surface area contributed by atoms with Gasteiger partial charge in [0.2, 0.25) is 0 Å². The first-order valence-electron chi connectivity index (χ1n) is 9.13. The SMILES string of the molecule is Cc1[nH]ncc1C(=O)N1CCC[C@@H]1c1cccc(Cc2ccccc2F)n1. The second-order valence-electron chi connectivity index (χ2n) is 6.89. The van der Waals surface area contributed by atoms with Gasteiger partial charge < -0.3 is 4.90 Å². The Morgan fingerprint density at radius 2 is 2.11 bits per heavy atom. The molecule has 4 rings (SSSR count). The van der Waals surface area contributed by atoms with Crippen LogP contribution in [0.2, 0.25) is 0 Å². The second kappa shape index (κ2) is 7.31. The lowest BCUT2D eigenvalue weighted by atomic mass is 10.1. The molecule has 1 atom stereocenters. The predicted octanol–water partition coefficient (Wildman–Crippen LogP) is 3.82. The van der Waals surface area contributed by atoms with Gasteiger partial charge >= 0.3 is 0 Å². The fourth-order valence-electron chi connectivity index (χ4n) is 3.66. The normalized spacial score (nSPS) is 16.7. The number of aromatic amines is 1. The molecule has 0 spiro atoms. The van der Waals surface area contributed by atoms with Gasteiger partial charge in [-0.3, -0.25) is 14.9 Å². The van der Waals surface area contributed by atoms with Gasteiger partial charge in [0.1, 0.15) is 5.82 Å². The van der Waals surface area contributed by atoms with Crippen LogP contribution in [-0.2, 0) is 6.42 Å². The highest BCUT2D eigenvalue weighted by molar-refractivity contribution is 5.95. The van der Waals surface area contributed by atoms with Gasteiger partial charge in [-0.15, -0.1) is 0 Å². The van der Waals surface area contributed by atoms with Gasteiger partial charge in [0.25, 0.3) is 5.91 Å². The zero-order valence-electron chi connectivity index (χ0n) is 15.2. The van der Waals surface area contributed by atoms with E-state index in [2.05, 4.69) is 10.2 Å². The Morgan fingerprint density at radius 3 is 2.89 bits per heavy atom. The van der Waals surface area contributed by atoms with E-state index >= 15 is 0 Å². The van der Waals surface area contributed by atoms with Crippen molar-refractivity contribution in [1.82, 2.24) is 20.1 Å². The fourth-order valence-corrected chi connectivity index (χ4v) is 3.66. The highest BCUT2D eigenvalue weighted by Gasteiger charge is 2.32. The van der Waals surface area contributed by atoms with E-state index in [0.717, 1.165) is 29.9 Å². The summed E-state index contributed by atoms with van der Waals surface area (Å²) in [6.07, 6.45) is 3.82. The van der Waals surface area contributed by atoms with E-state index in [9.17, 15) is 9.18 Å². The van der Waals surface area contributed by atoms with E-state index in [0.29, 0.717) is 24.1 Å². The molecule has 1 amide bonds. The molecule has 2 aromatic heterocycles. The maximum absolute atomic E-state index is 14.0. The topological polar surface area (TPSA) is 61.9 Å². The lowest BCUT2D eigenvalue weighted by Crippen LogP contribution is -2.31. The maximum Gasteiger partial charge on any atom is 0.257 e. The monoisotopic (exact) mass is 364 g/mol. The summed E-state index contributed by atoms with van der Waals surface area (Å²) in [5.74, 6) is -0.247. The summed E-state index contributed by atoms with van der Waals surface area (Å²) >= 11 is 0. The minimum atomic E-state index is -0.224. The van der Waals surface area contributed by atoms with Crippen molar-refractivity contribution in [3.63, 3.8) is 0 Å². The van der Waals surface area contributed by atoms with Crippen molar-refractivity contribution in [2.75, 3.05) is 6.54 Å². The Bertz CT molecular complexity index is 968. The van der Waals surface area contributed by atoms with Crippen LogP contribution >= 0.6 is 0 Å². The van der Waals surface area contributed by atoms with E-state index in [-0.39, 0.29) is 17.8 Å². The zero-order valence-corrected chi connectivity index (χ0v) is 15.2. The van der Waals surface area contributed by atoms with Crippen molar-refractivity contribution < 1.29 is 9.18 Å². The molecule has 6 heteroatoms. The molecular weight excluding hydrogens is 343 g/mol. The van der Waals surface area contributed by atoms with Gasteiger partial charge in [-0.25, -0.2) is 4.39 Å². The van der Waals surface area contributed by atoms with E-state index in [1.807, 2.05) is 36.1 Å². The predicted molar refractivity (Wildman–Crippen MR) is 99.8 cm³/mol. The molecule has 0 unspecified atom stereocenters. The van der Waals surface area contributed by atoms with Crippen molar-refractivity contribution in [1.29, 1.82) is 0 Å². The van der Waals surface area contributed by atoms with Crippen molar-refractivity contribution in [2.24, 2.45) is 0 Å². The number of rotatable bonds is 4. The Kier molecular flexibility index (Phi) is 4.71. The van der Waals surface area contributed by atoms with Crippen LogP contribution in [0, 0.1) is 12.7 Å². The average Bonchev–Trinajstić information content (AvgIpc) is 3.32. The van der Waals surface area contributed by atoms with Crippen LogP contribution in [0.5, 0.6) is 0 Å². The van der Waals surface area contributed by atoms with Gasteiger partial charge in [-0.2, -0.15) is 5.10 Å². The van der Waals surface area contributed by atoms with Gasteiger partial charge in [0.05, 0.1) is 23.5 Å². The lowest BCUT2D eigenvalue weighted by Gasteiger charge is -2.24. The molecule has 1 saturated heterocycles. The molecule has 1 fully saturated rings. The van der Waals surface area contributed by atoms with E-state index in [1.54, 1.807) is 18.3 Å². The minimum absolute atomic E-state index is 0.0231. The summed E-state index contributed by atoms with van der Waals surface area (Å²) in [7, 11) is 0. The molecular formula is C21H21FN4O. The molecule has 1 aromatic carbocycles. The number of aryl methyl sites for hydroxylation is 1. The smallest absolute Gasteiger partial charge is 0.257 e. The summed E-state index contributed by atoms with van der Waals surface area (Å²) in [5, 5.41) is 6.78. The standard InChI is InChI=1S/C21H21FN4O/c1-14-17(13-23-25-14)21(27)26-11-5-10-20(26)19-9-4-7-16(24-19)12-15-6-2-3-8-18(15)22/h2-4,6-9,13,20H,5,10-12H2,1H3,(H,23,25)/t20-/m1/s1. The quantitative estimate of drug-likeness (QED) is 0.765. The number of nitrogens with one attached hydrogen (secondary N) is 1. The van der Waals surface area contributed by atoms with Crippen LogP contribution in [-0.4, -0.2) is 32.5 Å². The molecule has 1 N–H and O–H groups in total. The maximum atomic E-state index is 14.0. The second-order valence-corrected chi connectivity index (χ2v) is 6.89. The Morgan fingerprint density at radius 1 is 1.26 bits per heavy atom. The molecule has 3 aromatic rings. The molecule has 0 aliphatic carbocycles. The highest BCUT2D eigenvalue weighted by atomic mass is 19.1. The molecule has 0 saturated carbocycles. The van der Waals surface area contributed by atoms with Crippen molar-refractivity contribution in [3.8, 4) is 0 Å². The number of hydrogen-bond acceptors (Lipinski definition) is 3. The first-order chi connectivity index (χ1) is 13.1. The summed E-state index contributed by atoms with van der Waals surface area (Å²) in [6.45, 7) is 2.55. The first kappa shape index (κ1) is 17.4. The minimum Gasteiger partial charge on any atom is -0.330 e. The number of pyridine rings is 1. The number of amides is 1. The summed E-state index contributed by atoms with van der Waals surface area (Å²) < 4.78 is 14.0. The molecule has 1 aliphatic heterocycles. The summed E-state index contributed by atoms with van der Waals surface area (Å²) in [4.78, 5) is 19.5. The Labute approximate surface area is 157 Å². The number of hydrogen-bond donors (Lipinski definition) is 1. The summed E-state index contributed by atoms with van der Waals surface area (Å²) in [5.41, 5.74) is 3.65. The first-order valence-corrected chi connectivity index (χ1v) is 9.13. The number of halogens is 1. The molecule has 0 radical (unpaired) electrons. The van der Waals surface area contributed by atoms with Crippen molar-refractivity contribution >= 4 is 5.91 Å². The van der Waals surface area contributed by atoms with Crippen LogP contribution in [0.3, 0.4) is 0 Å². The van der Waals surface area contributed by atoms with Crippen LogP contribution < -0.4 is 0 Å². The third-order valence-corrected chi connectivity index (χ3v) is 5.07. The van der Waals surface area contributed by atoms with Crippen LogP contribution in [0.25, 0.3) is 0 Å². The molecule has 27 heavy (non-hydrogen) atoms. The number of likely N-dealkylation sites (tertiary alicyclic amines) is 1. The molecule has 3 heterocycles. The number of carbonyl (C=O) groups is 1. The van der Waals surface area contributed by atoms with E-state index in [1.165, 1.54) is 6.07 Å². The molecule has 138 valence electrons. The number of nitrogens with zero attached hydrogens (tertiary/aromatic N) is 3. The van der Waals surface area contributed by atoms with Gasteiger partial charge in [-0.1, -0.05) is 24.3 Å². The van der Waals surface area contributed by atoms with E-state index < -0.39 is 0 Å². The third kappa shape index (κ3) is 3.47. The average molecular weight is 364 g/mol. The van der Waals surface area contributed by atoms with Crippen LogP contribution in [0.15, 0.2) is 48.7 Å². The number of carbonyl (C=O) groups excluding carboxylic acids is 1. The Hall–Kier alpha value is -3.02. The van der Waals surface area contributed by atoms with Gasteiger partial charge in [0, 0.05) is 24.4 Å². The number of benzene rings is 1. The van der Waals surface area contributed by atoms with Crippen molar-refractivity contribution in [2.45, 2.75) is 32.2 Å². The third-order valence-electron chi connectivity index (χ3n) is 5.07. The van der Waals surface area contributed by atoms with Crippen LogP contribution in [0.4, 0.5) is 4.39 Å².